The van der Waals surface area contributed by atoms with E-state index in [2.05, 4.69) is 50.2 Å². The molecule has 2 aromatic carbocycles. The van der Waals surface area contributed by atoms with Crippen molar-refractivity contribution in [1.29, 1.82) is 0 Å². The average molecular weight is 397 g/mol. The van der Waals surface area contributed by atoms with E-state index in [1.807, 2.05) is 36.4 Å². The Morgan fingerprint density at radius 2 is 1.90 bits per heavy atom. The van der Waals surface area contributed by atoms with Crippen molar-refractivity contribution in [3.63, 3.8) is 0 Å². The van der Waals surface area contributed by atoms with Crippen molar-refractivity contribution in [2.24, 2.45) is 0 Å². The van der Waals surface area contributed by atoms with E-state index in [1.54, 1.807) is 0 Å². The van der Waals surface area contributed by atoms with Gasteiger partial charge in [-0.2, -0.15) is 0 Å². The molecule has 2 rings (SSSR count). The normalized spacial score (nSPS) is 10.3. The lowest BCUT2D eigenvalue weighted by atomic mass is 10.1. The van der Waals surface area contributed by atoms with Crippen molar-refractivity contribution in [2.75, 3.05) is 5.32 Å². The smallest absolute Gasteiger partial charge is 0.256 e. The molecular weight excluding hydrogens is 382 g/mol. The van der Waals surface area contributed by atoms with Gasteiger partial charge in [0.15, 0.2) is 0 Å². The van der Waals surface area contributed by atoms with Gasteiger partial charge >= 0.3 is 0 Å². The number of nitrogens with one attached hydrogen (secondary N) is 1. The Bertz CT molecular complexity index is 626. The zero-order valence-electron chi connectivity index (χ0n) is 11.1. The van der Waals surface area contributed by atoms with Gasteiger partial charge in [0.05, 0.1) is 5.56 Å². The highest BCUT2D eigenvalue weighted by atomic mass is 79.9. The predicted octanol–water partition coefficient (Wildman–Crippen LogP) is 5.42. The first-order chi connectivity index (χ1) is 9.61. The third-order valence-corrected chi connectivity index (χ3v) is 4.14. The van der Waals surface area contributed by atoms with Crippen LogP contribution < -0.4 is 5.32 Å². The highest BCUT2D eigenvalue weighted by molar-refractivity contribution is 9.11. The summed E-state index contributed by atoms with van der Waals surface area (Å²) in [5, 5.41) is 2.99. The summed E-state index contributed by atoms with van der Waals surface area (Å²) < 4.78 is 1.67. The molecule has 0 aliphatic heterocycles. The van der Waals surface area contributed by atoms with Crippen LogP contribution in [0.2, 0.25) is 0 Å². The standard InChI is InChI=1S/C16H15Br2NO/c1-2-5-11-6-3-4-7-15(11)19-16(20)13-10-12(17)8-9-14(13)18/h3-4,6-10H,2,5H2,1H3,(H,19,20). The Hall–Kier alpha value is -1.13. The number of rotatable bonds is 4. The number of aryl methyl sites for hydroxylation is 1. The fourth-order valence-corrected chi connectivity index (χ4v) is 2.78. The molecule has 0 fully saturated rings. The summed E-state index contributed by atoms with van der Waals surface area (Å²) in [5.41, 5.74) is 2.66. The van der Waals surface area contributed by atoms with Gasteiger partial charge in [0.2, 0.25) is 0 Å². The lowest BCUT2D eigenvalue weighted by molar-refractivity contribution is 0.102. The van der Waals surface area contributed by atoms with Crippen LogP contribution >= 0.6 is 31.9 Å². The number of anilines is 1. The number of halogens is 2. The van der Waals surface area contributed by atoms with Crippen LogP contribution in [0.1, 0.15) is 29.3 Å². The first-order valence-corrected chi connectivity index (χ1v) is 8.04. The van der Waals surface area contributed by atoms with E-state index in [0.29, 0.717) is 5.56 Å². The molecule has 0 spiro atoms. The van der Waals surface area contributed by atoms with E-state index in [1.165, 1.54) is 0 Å². The summed E-state index contributed by atoms with van der Waals surface area (Å²) in [5.74, 6) is -0.110. The first kappa shape index (κ1) is 15.3. The first-order valence-electron chi connectivity index (χ1n) is 6.46. The van der Waals surface area contributed by atoms with Crippen LogP contribution in [0.5, 0.6) is 0 Å². The Morgan fingerprint density at radius 3 is 2.65 bits per heavy atom. The molecule has 1 amide bonds. The van der Waals surface area contributed by atoms with E-state index in [0.717, 1.165) is 33.0 Å². The van der Waals surface area contributed by atoms with Crippen LogP contribution in [0.3, 0.4) is 0 Å². The fraction of sp³-hybridized carbons (Fsp3) is 0.188. The summed E-state index contributed by atoms with van der Waals surface area (Å²) in [6.07, 6.45) is 2.00. The van der Waals surface area contributed by atoms with Gasteiger partial charge in [0.25, 0.3) is 5.91 Å². The van der Waals surface area contributed by atoms with Gasteiger partial charge in [-0.1, -0.05) is 47.5 Å². The van der Waals surface area contributed by atoms with Gasteiger partial charge in [-0.3, -0.25) is 4.79 Å². The van der Waals surface area contributed by atoms with Crippen LogP contribution in [0.4, 0.5) is 5.69 Å². The molecule has 104 valence electrons. The van der Waals surface area contributed by atoms with Gasteiger partial charge in [-0.15, -0.1) is 0 Å². The molecule has 0 radical (unpaired) electrons. The number of carbonyl (C=O) groups is 1. The largest absolute Gasteiger partial charge is 0.322 e. The molecule has 4 heteroatoms. The van der Waals surface area contributed by atoms with Gasteiger partial charge in [0.1, 0.15) is 0 Å². The Kier molecular flexibility index (Phi) is 5.38. The van der Waals surface area contributed by atoms with Crippen molar-refractivity contribution in [2.45, 2.75) is 19.8 Å². The molecule has 2 nitrogen and oxygen atoms in total. The maximum absolute atomic E-state index is 12.4. The molecule has 0 aromatic heterocycles. The second kappa shape index (κ2) is 7.04. The van der Waals surface area contributed by atoms with Crippen LogP contribution in [0, 0.1) is 0 Å². The molecule has 0 heterocycles. The van der Waals surface area contributed by atoms with Crippen molar-refractivity contribution >= 4 is 43.5 Å². The number of amides is 1. The zero-order valence-corrected chi connectivity index (χ0v) is 14.3. The fourth-order valence-electron chi connectivity index (χ4n) is 1.99. The number of carbonyl (C=O) groups excluding carboxylic acids is 1. The summed E-state index contributed by atoms with van der Waals surface area (Å²) >= 11 is 6.80. The van der Waals surface area contributed by atoms with Crippen LogP contribution in [-0.2, 0) is 6.42 Å². The van der Waals surface area contributed by atoms with Crippen molar-refractivity contribution in [3.8, 4) is 0 Å². The summed E-state index contributed by atoms with van der Waals surface area (Å²) in [6, 6.07) is 13.5. The third kappa shape index (κ3) is 3.70. The van der Waals surface area contributed by atoms with E-state index >= 15 is 0 Å². The molecular formula is C16H15Br2NO. The molecule has 0 saturated carbocycles. The maximum Gasteiger partial charge on any atom is 0.256 e. The monoisotopic (exact) mass is 395 g/mol. The molecule has 0 aliphatic carbocycles. The lowest BCUT2D eigenvalue weighted by Crippen LogP contribution is -2.14. The predicted molar refractivity (Wildman–Crippen MR) is 90.2 cm³/mol. The minimum Gasteiger partial charge on any atom is -0.322 e. The second-order valence-corrected chi connectivity index (χ2v) is 6.26. The lowest BCUT2D eigenvalue weighted by Gasteiger charge is -2.11. The quantitative estimate of drug-likeness (QED) is 0.734. The topological polar surface area (TPSA) is 29.1 Å². The molecule has 1 N–H and O–H groups in total. The Balaban J connectivity index is 2.26. The molecule has 0 atom stereocenters. The van der Waals surface area contributed by atoms with E-state index in [-0.39, 0.29) is 5.91 Å². The number of hydrogen-bond donors (Lipinski definition) is 1. The molecule has 0 bridgehead atoms. The summed E-state index contributed by atoms with van der Waals surface area (Å²) in [4.78, 5) is 12.4. The number of hydrogen-bond acceptors (Lipinski definition) is 1. The van der Waals surface area contributed by atoms with Gasteiger partial charge in [-0.05, 0) is 52.2 Å². The van der Waals surface area contributed by atoms with Crippen molar-refractivity contribution in [3.05, 3.63) is 62.5 Å². The Labute approximate surface area is 135 Å². The van der Waals surface area contributed by atoms with Gasteiger partial charge in [0, 0.05) is 14.6 Å². The van der Waals surface area contributed by atoms with E-state index in [4.69, 9.17) is 0 Å². The van der Waals surface area contributed by atoms with Crippen LogP contribution in [0.25, 0.3) is 0 Å². The van der Waals surface area contributed by atoms with Crippen molar-refractivity contribution in [1.82, 2.24) is 0 Å². The minimum absolute atomic E-state index is 0.110. The van der Waals surface area contributed by atoms with Crippen LogP contribution in [0.15, 0.2) is 51.4 Å². The average Bonchev–Trinajstić information content (AvgIpc) is 2.44. The Morgan fingerprint density at radius 1 is 1.15 bits per heavy atom. The molecule has 20 heavy (non-hydrogen) atoms. The van der Waals surface area contributed by atoms with Crippen molar-refractivity contribution < 1.29 is 4.79 Å². The summed E-state index contributed by atoms with van der Waals surface area (Å²) in [7, 11) is 0. The van der Waals surface area contributed by atoms with Crippen LogP contribution in [-0.4, -0.2) is 5.91 Å². The number of para-hydroxylation sites is 1. The highest BCUT2D eigenvalue weighted by Crippen LogP contribution is 2.24. The van der Waals surface area contributed by atoms with E-state index in [9.17, 15) is 4.79 Å². The van der Waals surface area contributed by atoms with E-state index < -0.39 is 0 Å². The van der Waals surface area contributed by atoms with Gasteiger partial charge < -0.3 is 5.32 Å². The molecule has 2 aromatic rings. The third-order valence-electron chi connectivity index (χ3n) is 2.96. The molecule has 0 unspecified atom stereocenters. The highest BCUT2D eigenvalue weighted by Gasteiger charge is 2.12. The molecule has 0 aliphatic rings. The minimum atomic E-state index is -0.110. The maximum atomic E-state index is 12.4. The molecule has 0 saturated heterocycles. The number of benzene rings is 2. The SMILES string of the molecule is CCCc1ccccc1NC(=O)c1cc(Br)ccc1Br. The summed E-state index contributed by atoms with van der Waals surface area (Å²) in [6.45, 7) is 2.13. The zero-order chi connectivity index (χ0) is 14.5. The second-order valence-electron chi connectivity index (χ2n) is 4.49. The van der Waals surface area contributed by atoms with Gasteiger partial charge in [-0.25, -0.2) is 0 Å².